The molecule has 0 aromatic heterocycles. The van der Waals surface area contributed by atoms with Crippen LogP contribution >= 0.6 is 0 Å². The van der Waals surface area contributed by atoms with Crippen LogP contribution in [0.1, 0.15) is 25.0 Å². The average Bonchev–Trinajstić information content (AvgIpc) is 2.35. The lowest BCUT2D eigenvalue weighted by Crippen LogP contribution is -2.12. The molecule has 0 bridgehead atoms. The van der Waals surface area contributed by atoms with Crippen LogP contribution in [0.15, 0.2) is 47.6 Å². The zero-order valence-electron chi connectivity index (χ0n) is 11.6. The van der Waals surface area contributed by atoms with Crippen LogP contribution in [0.2, 0.25) is 0 Å². The minimum Gasteiger partial charge on any atom is -0.478 e. The lowest BCUT2D eigenvalue weighted by Gasteiger charge is -2.11. The number of carboxylic acid groups (broad SMARTS) is 2. The van der Waals surface area contributed by atoms with Crippen molar-refractivity contribution in [2.75, 3.05) is 0 Å². The van der Waals surface area contributed by atoms with Crippen LogP contribution in [0, 0.1) is 0 Å². The van der Waals surface area contributed by atoms with Gasteiger partial charge in [0.15, 0.2) is 0 Å². The molecule has 20 heavy (non-hydrogen) atoms. The van der Waals surface area contributed by atoms with E-state index >= 15 is 0 Å². The normalized spacial score (nSPS) is 11.7. The van der Waals surface area contributed by atoms with Gasteiger partial charge in [-0.05, 0) is 31.4 Å². The highest BCUT2D eigenvalue weighted by Gasteiger charge is 2.18. The first-order valence-electron chi connectivity index (χ1n) is 6.20. The van der Waals surface area contributed by atoms with Crippen molar-refractivity contribution in [1.82, 2.24) is 0 Å². The Morgan fingerprint density at radius 3 is 1.90 bits per heavy atom. The fourth-order valence-electron chi connectivity index (χ4n) is 1.92. The minimum atomic E-state index is -1.21. The molecule has 1 aromatic carbocycles. The van der Waals surface area contributed by atoms with Gasteiger partial charge in [-0.15, -0.1) is 0 Å². The monoisotopic (exact) mass is 274 g/mol. The molecule has 0 saturated carbocycles. The first-order valence-corrected chi connectivity index (χ1v) is 6.20. The SMILES string of the molecule is C=C(C)Cc1ccccc1C/C(C(=O)O)=C(\C)C(=O)O. The predicted molar refractivity (Wildman–Crippen MR) is 76.6 cm³/mol. The van der Waals surface area contributed by atoms with Crippen molar-refractivity contribution in [3.8, 4) is 0 Å². The van der Waals surface area contributed by atoms with Crippen molar-refractivity contribution in [1.29, 1.82) is 0 Å². The molecule has 0 saturated heterocycles. The molecule has 0 aliphatic rings. The molecule has 1 aromatic rings. The van der Waals surface area contributed by atoms with Crippen LogP contribution in [0.3, 0.4) is 0 Å². The summed E-state index contributed by atoms with van der Waals surface area (Å²) in [7, 11) is 0. The maximum atomic E-state index is 11.2. The third-order valence-corrected chi connectivity index (χ3v) is 3.01. The molecule has 0 amide bonds. The third kappa shape index (κ3) is 4.09. The van der Waals surface area contributed by atoms with Crippen molar-refractivity contribution in [3.63, 3.8) is 0 Å². The van der Waals surface area contributed by atoms with Crippen LogP contribution in [-0.4, -0.2) is 22.2 Å². The molecule has 0 radical (unpaired) electrons. The van der Waals surface area contributed by atoms with E-state index in [4.69, 9.17) is 5.11 Å². The number of allylic oxidation sites excluding steroid dienone is 1. The highest BCUT2D eigenvalue weighted by molar-refractivity contribution is 5.98. The fourth-order valence-corrected chi connectivity index (χ4v) is 1.92. The maximum Gasteiger partial charge on any atom is 0.332 e. The summed E-state index contributed by atoms with van der Waals surface area (Å²) in [6.07, 6.45) is 0.742. The number of carbonyl (C=O) groups is 2. The van der Waals surface area contributed by atoms with Gasteiger partial charge in [0.2, 0.25) is 0 Å². The zero-order chi connectivity index (χ0) is 15.3. The van der Waals surface area contributed by atoms with Gasteiger partial charge in [-0.3, -0.25) is 0 Å². The van der Waals surface area contributed by atoms with Gasteiger partial charge in [-0.1, -0.05) is 36.4 Å². The van der Waals surface area contributed by atoms with E-state index in [1.807, 2.05) is 31.2 Å². The summed E-state index contributed by atoms with van der Waals surface area (Å²) in [6, 6.07) is 7.40. The Hall–Kier alpha value is -2.36. The van der Waals surface area contributed by atoms with E-state index in [9.17, 15) is 14.7 Å². The molecule has 0 aliphatic heterocycles. The van der Waals surface area contributed by atoms with Crippen LogP contribution in [0.25, 0.3) is 0 Å². The smallest absolute Gasteiger partial charge is 0.332 e. The molecule has 4 nitrogen and oxygen atoms in total. The largest absolute Gasteiger partial charge is 0.478 e. The summed E-state index contributed by atoms with van der Waals surface area (Å²) < 4.78 is 0. The standard InChI is InChI=1S/C16H18O4/c1-10(2)8-12-6-4-5-7-13(12)9-14(16(19)20)11(3)15(17)18/h4-7H,1,8-9H2,2-3H3,(H,17,18)(H,19,20)/b14-11-. The summed E-state index contributed by atoms with van der Waals surface area (Å²) in [4.78, 5) is 22.2. The average molecular weight is 274 g/mol. The summed E-state index contributed by atoms with van der Waals surface area (Å²) in [5, 5.41) is 18.1. The molecular weight excluding hydrogens is 256 g/mol. The Bertz CT molecular complexity index is 582. The quantitative estimate of drug-likeness (QED) is 0.618. The second-order valence-electron chi connectivity index (χ2n) is 4.79. The van der Waals surface area contributed by atoms with Gasteiger partial charge in [0.05, 0.1) is 5.57 Å². The van der Waals surface area contributed by atoms with Gasteiger partial charge in [0, 0.05) is 12.0 Å². The van der Waals surface area contributed by atoms with E-state index in [1.165, 1.54) is 6.92 Å². The molecule has 0 spiro atoms. The van der Waals surface area contributed by atoms with Gasteiger partial charge >= 0.3 is 11.9 Å². The predicted octanol–water partition coefficient (Wildman–Crippen LogP) is 2.83. The second-order valence-corrected chi connectivity index (χ2v) is 4.79. The van der Waals surface area contributed by atoms with E-state index in [0.29, 0.717) is 6.42 Å². The van der Waals surface area contributed by atoms with Crippen molar-refractivity contribution < 1.29 is 19.8 Å². The summed E-state index contributed by atoms with van der Waals surface area (Å²) in [6.45, 7) is 7.06. The highest BCUT2D eigenvalue weighted by Crippen LogP contribution is 2.19. The number of aliphatic carboxylic acids is 2. The lowest BCUT2D eigenvalue weighted by molar-refractivity contribution is -0.136. The molecule has 0 unspecified atom stereocenters. The van der Waals surface area contributed by atoms with Crippen molar-refractivity contribution >= 4 is 11.9 Å². The van der Waals surface area contributed by atoms with Crippen molar-refractivity contribution in [2.45, 2.75) is 26.7 Å². The minimum absolute atomic E-state index is 0.0911. The number of hydrogen-bond acceptors (Lipinski definition) is 2. The summed E-state index contributed by atoms with van der Waals surface area (Å²) >= 11 is 0. The van der Waals surface area contributed by atoms with E-state index in [1.54, 1.807) is 0 Å². The Morgan fingerprint density at radius 2 is 1.50 bits per heavy atom. The Kier molecular flexibility index (Phi) is 5.26. The second kappa shape index (κ2) is 6.70. The van der Waals surface area contributed by atoms with Crippen LogP contribution in [0.4, 0.5) is 0 Å². The fraction of sp³-hybridized carbons (Fsp3) is 0.250. The number of rotatable bonds is 6. The number of benzene rings is 1. The topological polar surface area (TPSA) is 74.6 Å². The Balaban J connectivity index is 3.19. The van der Waals surface area contributed by atoms with Gasteiger partial charge in [0.1, 0.15) is 0 Å². The van der Waals surface area contributed by atoms with Gasteiger partial charge in [-0.25, -0.2) is 9.59 Å². The molecule has 4 heteroatoms. The molecule has 0 fully saturated rings. The molecule has 0 aliphatic carbocycles. The molecule has 0 heterocycles. The molecular formula is C16H18O4. The van der Waals surface area contributed by atoms with Crippen LogP contribution in [-0.2, 0) is 22.4 Å². The highest BCUT2D eigenvalue weighted by atomic mass is 16.4. The molecule has 2 N–H and O–H groups in total. The lowest BCUT2D eigenvalue weighted by atomic mass is 9.94. The number of hydrogen-bond donors (Lipinski definition) is 2. The van der Waals surface area contributed by atoms with E-state index in [0.717, 1.165) is 16.7 Å². The molecule has 1 rings (SSSR count). The Labute approximate surface area is 118 Å². The van der Waals surface area contributed by atoms with E-state index in [2.05, 4.69) is 6.58 Å². The van der Waals surface area contributed by atoms with Crippen LogP contribution in [0.5, 0.6) is 0 Å². The van der Waals surface area contributed by atoms with Gasteiger partial charge in [-0.2, -0.15) is 0 Å². The van der Waals surface area contributed by atoms with Crippen LogP contribution < -0.4 is 0 Å². The molecule has 106 valence electrons. The summed E-state index contributed by atoms with van der Waals surface area (Å²) in [5.41, 5.74) is 2.52. The van der Waals surface area contributed by atoms with E-state index < -0.39 is 11.9 Å². The third-order valence-electron chi connectivity index (χ3n) is 3.01. The number of carboxylic acids is 2. The van der Waals surface area contributed by atoms with Crippen molar-refractivity contribution in [2.24, 2.45) is 0 Å². The zero-order valence-corrected chi connectivity index (χ0v) is 11.6. The maximum absolute atomic E-state index is 11.2. The molecule has 0 atom stereocenters. The van der Waals surface area contributed by atoms with Gasteiger partial charge in [0.25, 0.3) is 0 Å². The van der Waals surface area contributed by atoms with Gasteiger partial charge < -0.3 is 10.2 Å². The Morgan fingerprint density at radius 1 is 1.00 bits per heavy atom. The first-order chi connectivity index (χ1) is 9.32. The van der Waals surface area contributed by atoms with Crippen molar-refractivity contribution in [3.05, 3.63) is 58.7 Å². The van der Waals surface area contributed by atoms with E-state index in [-0.39, 0.29) is 17.6 Å². The first kappa shape index (κ1) is 15.7. The summed E-state index contributed by atoms with van der Waals surface area (Å²) in [5.74, 6) is -2.41.